The smallest absolute Gasteiger partial charge is 0.410 e. The van der Waals surface area contributed by atoms with Crippen LogP contribution in [0.3, 0.4) is 0 Å². The monoisotopic (exact) mass is 617 g/mol. The van der Waals surface area contributed by atoms with Crippen LogP contribution < -0.4 is 0 Å². The van der Waals surface area contributed by atoms with Gasteiger partial charge in [0.2, 0.25) is 0 Å². The number of hydrogen-bond donors (Lipinski definition) is 0. The van der Waals surface area contributed by atoms with E-state index in [4.69, 9.17) is 9.47 Å². The summed E-state index contributed by atoms with van der Waals surface area (Å²) in [4.78, 5) is 51.9. The molecular weight excluding hydrogens is 570 g/mol. The first-order chi connectivity index (χ1) is 21.3. The molecule has 10 heteroatoms. The van der Waals surface area contributed by atoms with E-state index in [0.717, 1.165) is 28.8 Å². The van der Waals surface area contributed by atoms with Crippen molar-refractivity contribution in [3.8, 4) is 0 Å². The molecule has 0 aliphatic heterocycles. The van der Waals surface area contributed by atoms with Gasteiger partial charge in [-0.15, -0.1) is 0 Å². The molecule has 2 amide bonds. The second-order valence-corrected chi connectivity index (χ2v) is 12.9. The molecule has 0 saturated carbocycles. The van der Waals surface area contributed by atoms with Crippen LogP contribution in [0, 0.1) is 0 Å². The summed E-state index contributed by atoms with van der Waals surface area (Å²) in [6.45, 7) is 14.0. The van der Waals surface area contributed by atoms with Gasteiger partial charge in [-0.2, -0.15) is 0 Å². The number of aromatic nitrogens is 2. The van der Waals surface area contributed by atoms with Crippen molar-refractivity contribution in [3.63, 3.8) is 0 Å². The van der Waals surface area contributed by atoms with Gasteiger partial charge in [-0.05, 0) is 76.9 Å². The number of amides is 2. The lowest BCUT2D eigenvalue weighted by Gasteiger charge is -2.32. The Morgan fingerprint density at radius 2 is 1.09 bits per heavy atom. The van der Waals surface area contributed by atoms with Gasteiger partial charge in [-0.25, -0.2) is 9.59 Å². The first kappa shape index (κ1) is 35.2. The molecule has 45 heavy (non-hydrogen) atoms. The molecule has 0 atom stereocenters. The second-order valence-electron chi connectivity index (χ2n) is 12.9. The van der Waals surface area contributed by atoms with Gasteiger partial charge in [0.25, 0.3) is 0 Å². The van der Waals surface area contributed by atoms with Crippen LogP contribution in [-0.4, -0.2) is 80.5 Å². The van der Waals surface area contributed by atoms with Crippen LogP contribution in [0.5, 0.6) is 0 Å². The minimum atomic E-state index is -0.651. The average Bonchev–Trinajstić information content (AvgIpc) is 2.97. The molecule has 0 aliphatic carbocycles. The summed E-state index contributed by atoms with van der Waals surface area (Å²) in [7, 11) is 0. The fraction of sp³-hybridized carbons (Fsp3) is 0.457. The molecule has 0 fully saturated rings. The molecule has 3 aromatic rings. The quantitative estimate of drug-likeness (QED) is 0.206. The Kier molecular flexibility index (Phi) is 13.0. The number of carbonyl (C=O) groups excluding carboxylic acids is 3. The van der Waals surface area contributed by atoms with Gasteiger partial charge in [-0.1, -0.05) is 36.4 Å². The van der Waals surface area contributed by atoms with Crippen molar-refractivity contribution in [3.05, 3.63) is 95.6 Å². The molecule has 1 aromatic carbocycles. The first-order valence-electron chi connectivity index (χ1n) is 15.3. The average molecular weight is 618 g/mol. The van der Waals surface area contributed by atoms with Crippen LogP contribution in [0.25, 0.3) is 0 Å². The molecule has 0 radical (unpaired) electrons. The maximum atomic E-state index is 13.3. The largest absolute Gasteiger partial charge is 0.444 e. The number of aldehydes is 1. The number of benzene rings is 1. The predicted molar refractivity (Wildman–Crippen MR) is 173 cm³/mol. The lowest BCUT2D eigenvalue weighted by molar-refractivity contribution is -0.107. The lowest BCUT2D eigenvalue weighted by atomic mass is 10.1. The zero-order valence-electron chi connectivity index (χ0n) is 27.4. The van der Waals surface area contributed by atoms with Gasteiger partial charge in [-0.3, -0.25) is 14.9 Å². The summed E-state index contributed by atoms with van der Waals surface area (Å²) in [5.41, 5.74) is 2.20. The molecule has 242 valence electrons. The normalized spacial score (nSPS) is 11.6. The van der Waals surface area contributed by atoms with E-state index in [1.807, 2.05) is 102 Å². The van der Waals surface area contributed by atoms with Crippen LogP contribution in [0.2, 0.25) is 0 Å². The van der Waals surface area contributed by atoms with Gasteiger partial charge in [0.1, 0.15) is 17.5 Å². The third-order valence-corrected chi connectivity index (χ3v) is 6.58. The molecule has 0 N–H and O–H groups in total. The third kappa shape index (κ3) is 13.5. The lowest BCUT2D eigenvalue weighted by Crippen LogP contribution is -2.44. The van der Waals surface area contributed by atoms with Gasteiger partial charge >= 0.3 is 12.2 Å². The number of ether oxygens (including phenoxy) is 2. The van der Waals surface area contributed by atoms with E-state index in [2.05, 4.69) is 14.9 Å². The van der Waals surface area contributed by atoms with Crippen molar-refractivity contribution < 1.29 is 23.9 Å². The van der Waals surface area contributed by atoms with Crippen molar-refractivity contribution in [1.82, 2.24) is 24.7 Å². The Morgan fingerprint density at radius 3 is 1.47 bits per heavy atom. The minimum Gasteiger partial charge on any atom is -0.444 e. The highest BCUT2D eigenvalue weighted by molar-refractivity contribution is 5.68. The van der Waals surface area contributed by atoms with Crippen LogP contribution in [-0.2, 0) is 40.3 Å². The van der Waals surface area contributed by atoms with Crippen molar-refractivity contribution >= 4 is 18.5 Å². The molecule has 2 heterocycles. The van der Waals surface area contributed by atoms with Crippen molar-refractivity contribution in [2.24, 2.45) is 0 Å². The molecule has 2 aromatic heterocycles. The van der Waals surface area contributed by atoms with Gasteiger partial charge in [0.15, 0.2) is 0 Å². The fourth-order valence-electron chi connectivity index (χ4n) is 4.43. The number of carbonyl (C=O) groups is 3. The standard InChI is InChI=1S/C35H47N5O5/c1-34(2,3)44-32(42)39(26-30-11-7-9-18-36-30)22-20-38(25-29-15-13-28(14-16-29)17-24-41)21-23-40(33(43)45-35(4,5)6)27-31-12-8-10-19-37-31/h7-16,18-19,24H,17,20-23,25-27H2,1-6H3. The first-order valence-corrected chi connectivity index (χ1v) is 15.3. The number of nitrogens with zero attached hydrogens (tertiary/aromatic N) is 5. The van der Waals surface area contributed by atoms with Crippen molar-refractivity contribution in [2.45, 2.75) is 78.8 Å². The van der Waals surface area contributed by atoms with E-state index in [-0.39, 0.29) is 0 Å². The van der Waals surface area contributed by atoms with Gasteiger partial charge < -0.3 is 24.1 Å². The highest BCUT2D eigenvalue weighted by Crippen LogP contribution is 2.15. The van der Waals surface area contributed by atoms with E-state index in [1.165, 1.54) is 0 Å². The van der Waals surface area contributed by atoms with Crippen LogP contribution in [0.4, 0.5) is 9.59 Å². The molecule has 0 aliphatic rings. The van der Waals surface area contributed by atoms with Crippen LogP contribution in [0.1, 0.15) is 64.1 Å². The molecule has 0 bridgehead atoms. The van der Waals surface area contributed by atoms with Crippen LogP contribution >= 0.6 is 0 Å². The summed E-state index contributed by atoms with van der Waals surface area (Å²) in [5.74, 6) is 0. The summed E-state index contributed by atoms with van der Waals surface area (Å²) in [6.07, 6.45) is 3.82. The van der Waals surface area contributed by atoms with E-state index >= 15 is 0 Å². The minimum absolute atomic E-state index is 0.299. The second kappa shape index (κ2) is 16.7. The van der Waals surface area contributed by atoms with Crippen molar-refractivity contribution in [2.75, 3.05) is 26.2 Å². The Balaban J connectivity index is 1.82. The van der Waals surface area contributed by atoms with E-state index in [0.29, 0.717) is 52.2 Å². The third-order valence-electron chi connectivity index (χ3n) is 6.58. The summed E-state index contributed by atoms with van der Waals surface area (Å²) >= 11 is 0. The predicted octanol–water partition coefficient (Wildman–Crippen LogP) is 5.89. The summed E-state index contributed by atoms with van der Waals surface area (Å²) < 4.78 is 11.5. The number of rotatable bonds is 14. The molecule has 3 rings (SSSR count). The van der Waals surface area contributed by atoms with Gasteiger partial charge in [0.05, 0.1) is 24.5 Å². The number of pyridine rings is 2. The maximum Gasteiger partial charge on any atom is 0.410 e. The molecule has 0 unspecified atom stereocenters. The highest BCUT2D eigenvalue weighted by Gasteiger charge is 2.25. The molecular formula is C35H47N5O5. The fourth-order valence-corrected chi connectivity index (χ4v) is 4.43. The highest BCUT2D eigenvalue weighted by atomic mass is 16.6. The van der Waals surface area contributed by atoms with Gasteiger partial charge in [0, 0.05) is 51.5 Å². The van der Waals surface area contributed by atoms with Crippen molar-refractivity contribution in [1.29, 1.82) is 0 Å². The maximum absolute atomic E-state index is 13.3. The SMILES string of the molecule is CC(C)(C)OC(=O)N(CCN(CCN(Cc1ccccn1)C(=O)OC(C)(C)C)Cc1ccc(CC=O)cc1)Cc1ccccn1. The molecule has 10 nitrogen and oxygen atoms in total. The van der Waals surface area contributed by atoms with E-state index < -0.39 is 23.4 Å². The topological polar surface area (TPSA) is 105 Å². The Hall–Kier alpha value is -4.31. The Morgan fingerprint density at radius 1 is 0.644 bits per heavy atom. The van der Waals surface area contributed by atoms with Crippen LogP contribution in [0.15, 0.2) is 73.1 Å². The zero-order chi connectivity index (χ0) is 32.9. The zero-order valence-corrected chi connectivity index (χ0v) is 27.4. The summed E-state index contributed by atoms with van der Waals surface area (Å²) in [6, 6.07) is 19.1. The molecule has 0 spiro atoms. The van der Waals surface area contributed by atoms with E-state index in [9.17, 15) is 14.4 Å². The molecule has 0 saturated heterocycles. The Bertz CT molecular complexity index is 1260. The Labute approximate surface area is 267 Å². The number of hydrogen-bond acceptors (Lipinski definition) is 8. The van der Waals surface area contributed by atoms with E-state index in [1.54, 1.807) is 22.2 Å². The summed E-state index contributed by atoms with van der Waals surface area (Å²) in [5, 5.41) is 0.